The molecule has 0 aliphatic heterocycles. The summed E-state index contributed by atoms with van der Waals surface area (Å²) in [4.78, 5) is 2.79. The molecule has 0 spiro atoms. The molecule has 1 N–H and O–H groups in total. The summed E-state index contributed by atoms with van der Waals surface area (Å²) in [5, 5.41) is 5.57. The number of thiophene rings is 1. The number of hydrogen-bond donors (Lipinski definition) is 1. The molecule has 0 aliphatic carbocycles. The van der Waals surface area contributed by atoms with Gasteiger partial charge in [0.1, 0.15) is 0 Å². The lowest BCUT2D eigenvalue weighted by atomic mass is 10.0. The van der Waals surface area contributed by atoms with Crippen molar-refractivity contribution in [1.82, 2.24) is 5.32 Å². The van der Waals surface area contributed by atoms with Crippen LogP contribution in [0.5, 0.6) is 0 Å². The van der Waals surface area contributed by atoms with E-state index in [0.29, 0.717) is 6.04 Å². The van der Waals surface area contributed by atoms with Crippen molar-refractivity contribution in [2.24, 2.45) is 0 Å². The Morgan fingerprint density at radius 1 is 1.22 bits per heavy atom. The van der Waals surface area contributed by atoms with Gasteiger partial charge in [-0.15, -0.1) is 23.1 Å². The summed E-state index contributed by atoms with van der Waals surface area (Å²) in [6, 6.07) is 13.7. The monoisotopic (exact) mass is 277 g/mol. The number of hydrogen-bond acceptors (Lipinski definition) is 3. The third-order valence-corrected chi connectivity index (χ3v) is 4.81. The van der Waals surface area contributed by atoms with E-state index < -0.39 is 0 Å². The van der Waals surface area contributed by atoms with Crippen molar-refractivity contribution < 1.29 is 0 Å². The van der Waals surface area contributed by atoms with Crippen LogP contribution in [-0.4, -0.2) is 13.3 Å². The largest absolute Gasteiger partial charge is 0.313 e. The second kappa shape index (κ2) is 6.98. The zero-order valence-corrected chi connectivity index (χ0v) is 12.5. The number of rotatable bonds is 6. The van der Waals surface area contributed by atoms with Gasteiger partial charge < -0.3 is 5.32 Å². The molecule has 1 heterocycles. The Morgan fingerprint density at radius 3 is 2.56 bits per heavy atom. The van der Waals surface area contributed by atoms with E-state index in [0.717, 1.165) is 12.8 Å². The summed E-state index contributed by atoms with van der Waals surface area (Å²) in [7, 11) is 2.04. The van der Waals surface area contributed by atoms with Crippen LogP contribution in [-0.2, 0) is 6.42 Å². The van der Waals surface area contributed by atoms with Crippen molar-refractivity contribution in [2.45, 2.75) is 23.8 Å². The van der Waals surface area contributed by atoms with Gasteiger partial charge in [-0.1, -0.05) is 18.2 Å². The van der Waals surface area contributed by atoms with E-state index in [9.17, 15) is 0 Å². The molecule has 0 bridgehead atoms. The van der Waals surface area contributed by atoms with Crippen molar-refractivity contribution in [3.05, 3.63) is 52.2 Å². The Hall–Kier alpha value is -0.770. The molecule has 1 nitrogen and oxygen atoms in total. The first-order valence-electron chi connectivity index (χ1n) is 6.17. The van der Waals surface area contributed by atoms with Gasteiger partial charge in [-0.3, -0.25) is 0 Å². The highest BCUT2D eigenvalue weighted by molar-refractivity contribution is 7.98. The maximum Gasteiger partial charge on any atom is 0.0320 e. The molecule has 0 saturated carbocycles. The lowest BCUT2D eigenvalue weighted by Crippen LogP contribution is -2.16. The van der Waals surface area contributed by atoms with Crippen LogP contribution in [0.1, 0.15) is 22.9 Å². The van der Waals surface area contributed by atoms with Crippen molar-refractivity contribution in [3.63, 3.8) is 0 Å². The van der Waals surface area contributed by atoms with Gasteiger partial charge in [0.15, 0.2) is 0 Å². The van der Waals surface area contributed by atoms with Crippen LogP contribution in [0.15, 0.2) is 46.7 Å². The molecule has 1 aromatic heterocycles. The highest BCUT2D eigenvalue weighted by atomic mass is 32.2. The molecule has 0 aliphatic rings. The van der Waals surface area contributed by atoms with Gasteiger partial charge in [0.05, 0.1) is 0 Å². The Morgan fingerprint density at radius 2 is 2.00 bits per heavy atom. The van der Waals surface area contributed by atoms with E-state index in [4.69, 9.17) is 0 Å². The summed E-state index contributed by atoms with van der Waals surface area (Å²) in [6.07, 6.45) is 4.41. The van der Waals surface area contributed by atoms with Crippen molar-refractivity contribution in [2.75, 3.05) is 13.3 Å². The molecule has 2 aromatic rings. The van der Waals surface area contributed by atoms with Crippen molar-refractivity contribution >= 4 is 23.1 Å². The number of thioether (sulfide) groups is 1. The predicted octanol–water partition coefficient (Wildman–Crippen LogP) is 4.36. The molecule has 1 aromatic carbocycles. The second-order valence-electron chi connectivity index (χ2n) is 4.23. The summed E-state index contributed by atoms with van der Waals surface area (Å²) >= 11 is 3.64. The number of benzene rings is 1. The molecule has 0 radical (unpaired) electrons. The van der Waals surface area contributed by atoms with Gasteiger partial charge in [0, 0.05) is 15.8 Å². The fraction of sp³-hybridized carbons (Fsp3) is 0.333. The minimum absolute atomic E-state index is 0.447. The Labute approximate surface area is 118 Å². The number of aryl methyl sites for hydroxylation is 1. The maximum atomic E-state index is 3.42. The molecule has 18 heavy (non-hydrogen) atoms. The predicted molar refractivity (Wildman–Crippen MR) is 82.7 cm³/mol. The van der Waals surface area contributed by atoms with Gasteiger partial charge in [-0.25, -0.2) is 0 Å². The van der Waals surface area contributed by atoms with E-state index in [2.05, 4.69) is 53.4 Å². The van der Waals surface area contributed by atoms with Crippen LogP contribution in [0, 0.1) is 0 Å². The first kappa shape index (κ1) is 13.7. The highest BCUT2D eigenvalue weighted by Gasteiger charge is 2.09. The van der Waals surface area contributed by atoms with Gasteiger partial charge in [-0.2, -0.15) is 0 Å². The third-order valence-electron chi connectivity index (χ3n) is 3.13. The first-order chi connectivity index (χ1) is 8.83. The van der Waals surface area contributed by atoms with Crippen LogP contribution in [0.4, 0.5) is 0 Å². The Balaban J connectivity index is 1.98. The van der Waals surface area contributed by atoms with Crippen molar-refractivity contribution in [3.8, 4) is 0 Å². The maximum absolute atomic E-state index is 3.42. The van der Waals surface area contributed by atoms with Gasteiger partial charge in [0.25, 0.3) is 0 Å². The fourth-order valence-corrected chi connectivity index (χ4v) is 3.19. The van der Waals surface area contributed by atoms with E-state index in [1.54, 1.807) is 11.8 Å². The zero-order chi connectivity index (χ0) is 12.8. The smallest absolute Gasteiger partial charge is 0.0320 e. The fourth-order valence-electron chi connectivity index (χ4n) is 2.06. The van der Waals surface area contributed by atoms with Crippen LogP contribution in [0.25, 0.3) is 0 Å². The molecule has 0 amide bonds. The molecular weight excluding hydrogens is 258 g/mol. The summed E-state index contributed by atoms with van der Waals surface area (Å²) in [5.41, 5.74) is 1.38. The minimum Gasteiger partial charge on any atom is -0.313 e. The first-order valence-corrected chi connectivity index (χ1v) is 8.27. The molecule has 3 heteroatoms. The Kier molecular flexibility index (Phi) is 5.29. The van der Waals surface area contributed by atoms with Gasteiger partial charge in [0.2, 0.25) is 0 Å². The topological polar surface area (TPSA) is 12.0 Å². The lowest BCUT2D eigenvalue weighted by molar-refractivity contribution is 0.551. The molecule has 2 rings (SSSR count). The third kappa shape index (κ3) is 3.61. The summed E-state index contributed by atoms with van der Waals surface area (Å²) < 4.78 is 0. The van der Waals surface area contributed by atoms with Crippen LogP contribution in [0.2, 0.25) is 0 Å². The normalized spacial score (nSPS) is 12.6. The average Bonchev–Trinajstić information content (AvgIpc) is 2.93. The van der Waals surface area contributed by atoms with Gasteiger partial charge in [-0.05, 0) is 55.3 Å². The molecule has 96 valence electrons. The van der Waals surface area contributed by atoms with Crippen LogP contribution < -0.4 is 5.32 Å². The van der Waals surface area contributed by atoms with Crippen molar-refractivity contribution in [1.29, 1.82) is 0 Å². The number of nitrogens with one attached hydrogen (secondary N) is 1. The quantitative estimate of drug-likeness (QED) is 0.787. The summed E-state index contributed by atoms with van der Waals surface area (Å²) in [6.45, 7) is 0. The second-order valence-corrected chi connectivity index (χ2v) is 6.14. The van der Waals surface area contributed by atoms with Gasteiger partial charge >= 0.3 is 0 Å². The minimum atomic E-state index is 0.447. The summed E-state index contributed by atoms with van der Waals surface area (Å²) in [5.74, 6) is 0. The zero-order valence-electron chi connectivity index (χ0n) is 10.8. The Bertz CT molecular complexity index is 448. The lowest BCUT2D eigenvalue weighted by Gasteiger charge is -2.16. The van der Waals surface area contributed by atoms with E-state index >= 15 is 0 Å². The SMILES string of the molecule is CNC(CCc1cccs1)c1ccc(SC)cc1. The molecular formula is C15H19NS2. The molecule has 0 fully saturated rings. The van der Waals surface area contributed by atoms with Crippen LogP contribution in [0.3, 0.4) is 0 Å². The standard InChI is InChI=1S/C15H19NS2/c1-16-15(10-9-14-4-3-11-18-14)12-5-7-13(17-2)8-6-12/h3-8,11,15-16H,9-10H2,1-2H3. The average molecular weight is 277 g/mol. The van der Waals surface area contributed by atoms with E-state index in [1.807, 2.05) is 18.4 Å². The molecule has 1 unspecified atom stereocenters. The van der Waals surface area contributed by atoms with Crippen LogP contribution >= 0.6 is 23.1 Å². The highest BCUT2D eigenvalue weighted by Crippen LogP contribution is 2.23. The molecule has 0 saturated heterocycles. The van der Waals surface area contributed by atoms with E-state index in [1.165, 1.54) is 15.3 Å². The van der Waals surface area contributed by atoms with E-state index in [-0.39, 0.29) is 0 Å². The molecule has 1 atom stereocenters.